The number of esters is 1. The van der Waals surface area contributed by atoms with E-state index in [-0.39, 0.29) is 19.7 Å². The maximum atomic E-state index is 11.1. The summed E-state index contributed by atoms with van der Waals surface area (Å²) in [6, 6.07) is -0.472. The number of hydrogen-bond donors (Lipinski definition) is 2. The first kappa shape index (κ1) is 14.8. The SMILES string of the molecule is C=CC(=O)OCC(=O)NCCNC(=O)N=CC. The highest BCUT2D eigenvalue weighted by Crippen LogP contribution is 1.79. The van der Waals surface area contributed by atoms with Gasteiger partial charge in [-0.2, -0.15) is 0 Å². The molecule has 3 amide bonds. The highest BCUT2D eigenvalue weighted by molar-refractivity contribution is 5.85. The lowest BCUT2D eigenvalue weighted by molar-refractivity contribution is -0.143. The van der Waals surface area contributed by atoms with E-state index in [4.69, 9.17) is 0 Å². The van der Waals surface area contributed by atoms with Gasteiger partial charge in [-0.1, -0.05) is 6.58 Å². The van der Waals surface area contributed by atoms with E-state index in [1.807, 2.05) is 0 Å². The molecule has 0 bridgehead atoms. The fourth-order valence-corrected chi connectivity index (χ4v) is 0.781. The molecule has 0 aromatic rings. The Bertz CT molecular complexity index is 326. The third kappa shape index (κ3) is 8.79. The van der Waals surface area contributed by atoms with Gasteiger partial charge in [0.1, 0.15) is 0 Å². The Hall–Kier alpha value is -2.18. The van der Waals surface area contributed by atoms with E-state index < -0.39 is 17.9 Å². The summed E-state index contributed by atoms with van der Waals surface area (Å²) >= 11 is 0. The van der Waals surface area contributed by atoms with Crippen molar-refractivity contribution in [3.8, 4) is 0 Å². The Morgan fingerprint density at radius 2 is 1.94 bits per heavy atom. The zero-order valence-corrected chi connectivity index (χ0v) is 9.56. The van der Waals surface area contributed by atoms with Crippen molar-refractivity contribution in [1.82, 2.24) is 10.6 Å². The van der Waals surface area contributed by atoms with Gasteiger partial charge in [-0.15, -0.1) is 0 Å². The minimum atomic E-state index is -0.661. The highest BCUT2D eigenvalue weighted by atomic mass is 16.5. The van der Waals surface area contributed by atoms with Gasteiger partial charge < -0.3 is 15.4 Å². The van der Waals surface area contributed by atoms with Crippen LogP contribution >= 0.6 is 0 Å². The Labute approximate surface area is 98.9 Å². The Morgan fingerprint density at radius 1 is 1.29 bits per heavy atom. The molecule has 0 heterocycles. The summed E-state index contributed by atoms with van der Waals surface area (Å²) in [4.78, 5) is 36.0. The Kier molecular flexibility index (Phi) is 7.91. The maximum absolute atomic E-state index is 11.1. The molecule has 17 heavy (non-hydrogen) atoms. The minimum absolute atomic E-state index is 0.232. The van der Waals surface area contributed by atoms with Crippen LogP contribution in [0.5, 0.6) is 0 Å². The van der Waals surface area contributed by atoms with Crippen LogP contribution in [0, 0.1) is 0 Å². The topological polar surface area (TPSA) is 96.9 Å². The number of nitrogens with zero attached hydrogens (tertiary/aromatic N) is 1. The molecule has 0 fully saturated rings. The molecular formula is C10H15N3O4. The van der Waals surface area contributed by atoms with Gasteiger partial charge in [0, 0.05) is 25.4 Å². The fourth-order valence-electron chi connectivity index (χ4n) is 0.781. The summed E-state index contributed by atoms with van der Waals surface area (Å²) in [5.41, 5.74) is 0. The zero-order chi connectivity index (χ0) is 13.1. The number of ether oxygens (including phenoxy) is 1. The number of carbonyl (C=O) groups is 3. The molecule has 0 unspecified atom stereocenters. The molecule has 0 aromatic carbocycles. The molecular weight excluding hydrogens is 226 g/mol. The maximum Gasteiger partial charge on any atom is 0.340 e. The molecule has 7 nitrogen and oxygen atoms in total. The predicted octanol–water partition coefficient (Wildman–Crippen LogP) is -0.368. The molecule has 0 radical (unpaired) electrons. The quantitative estimate of drug-likeness (QED) is 0.287. The van der Waals surface area contributed by atoms with Crippen LogP contribution in [0.4, 0.5) is 4.79 Å². The second-order valence-corrected chi connectivity index (χ2v) is 2.78. The first-order valence-corrected chi connectivity index (χ1v) is 4.92. The van der Waals surface area contributed by atoms with E-state index in [1.54, 1.807) is 6.92 Å². The zero-order valence-electron chi connectivity index (χ0n) is 9.56. The summed E-state index contributed by atoms with van der Waals surface area (Å²) in [7, 11) is 0. The van der Waals surface area contributed by atoms with Gasteiger partial charge in [-0.05, 0) is 6.92 Å². The van der Waals surface area contributed by atoms with Crippen LogP contribution in [0.2, 0.25) is 0 Å². The Balaban J connectivity index is 3.55. The standard InChI is InChI=1S/C10H15N3O4/c1-3-9(15)17-7-8(14)12-5-6-13-10(16)11-4-2/h3-4H,1,5-7H2,2H3,(H,12,14)(H,13,16). The van der Waals surface area contributed by atoms with Gasteiger partial charge >= 0.3 is 12.0 Å². The van der Waals surface area contributed by atoms with Crippen molar-refractivity contribution in [2.45, 2.75) is 6.92 Å². The molecule has 94 valence electrons. The molecule has 7 heteroatoms. The molecule has 0 aliphatic rings. The van der Waals surface area contributed by atoms with Crippen molar-refractivity contribution >= 4 is 24.1 Å². The van der Waals surface area contributed by atoms with Crippen molar-refractivity contribution in [2.75, 3.05) is 19.7 Å². The van der Waals surface area contributed by atoms with Gasteiger partial charge in [0.05, 0.1) is 0 Å². The fraction of sp³-hybridized carbons (Fsp3) is 0.400. The monoisotopic (exact) mass is 241 g/mol. The van der Waals surface area contributed by atoms with Crippen LogP contribution in [-0.2, 0) is 14.3 Å². The number of carbonyl (C=O) groups excluding carboxylic acids is 3. The highest BCUT2D eigenvalue weighted by Gasteiger charge is 2.03. The number of hydrogen-bond acceptors (Lipinski definition) is 4. The number of rotatable bonds is 6. The van der Waals surface area contributed by atoms with E-state index in [0.29, 0.717) is 0 Å². The number of urea groups is 1. The van der Waals surface area contributed by atoms with Crippen molar-refractivity contribution in [1.29, 1.82) is 0 Å². The lowest BCUT2D eigenvalue weighted by Gasteiger charge is -2.05. The van der Waals surface area contributed by atoms with Crippen molar-refractivity contribution in [3.05, 3.63) is 12.7 Å². The van der Waals surface area contributed by atoms with Crippen molar-refractivity contribution in [2.24, 2.45) is 4.99 Å². The van der Waals surface area contributed by atoms with E-state index >= 15 is 0 Å². The Morgan fingerprint density at radius 3 is 2.53 bits per heavy atom. The molecule has 0 aliphatic carbocycles. The summed E-state index contributed by atoms with van der Waals surface area (Å²) in [6.45, 7) is 4.91. The molecule has 0 aliphatic heterocycles. The average molecular weight is 241 g/mol. The summed E-state index contributed by atoms with van der Waals surface area (Å²) in [5.74, 6) is -1.11. The van der Waals surface area contributed by atoms with Crippen LogP contribution in [0.1, 0.15) is 6.92 Å². The predicted molar refractivity (Wildman–Crippen MR) is 61.7 cm³/mol. The van der Waals surface area contributed by atoms with Gasteiger partial charge in [0.2, 0.25) is 0 Å². The number of nitrogens with one attached hydrogen (secondary N) is 2. The first-order chi connectivity index (χ1) is 8.10. The largest absolute Gasteiger partial charge is 0.452 e. The van der Waals surface area contributed by atoms with Crippen LogP contribution in [0.25, 0.3) is 0 Å². The van der Waals surface area contributed by atoms with Crippen LogP contribution in [-0.4, -0.2) is 43.8 Å². The van der Waals surface area contributed by atoms with E-state index in [0.717, 1.165) is 6.08 Å². The first-order valence-electron chi connectivity index (χ1n) is 4.92. The van der Waals surface area contributed by atoms with E-state index in [1.165, 1.54) is 6.21 Å². The lowest BCUT2D eigenvalue weighted by atomic mass is 10.5. The van der Waals surface area contributed by atoms with Gasteiger partial charge in [-0.25, -0.2) is 14.6 Å². The molecule has 0 aromatic heterocycles. The van der Waals surface area contributed by atoms with Crippen LogP contribution in [0.15, 0.2) is 17.6 Å². The third-order valence-corrected chi connectivity index (χ3v) is 1.48. The van der Waals surface area contributed by atoms with E-state index in [9.17, 15) is 14.4 Å². The second-order valence-electron chi connectivity index (χ2n) is 2.78. The van der Waals surface area contributed by atoms with Gasteiger partial charge in [-0.3, -0.25) is 4.79 Å². The minimum Gasteiger partial charge on any atom is -0.452 e. The molecule has 2 N–H and O–H groups in total. The number of amides is 3. The molecule has 0 spiro atoms. The lowest BCUT2D eigenvalue weighted by Crippen LogP contribution is -2.35. The summed E-state index contributed by atoms with van der Waals surface area (Å²) < 4.78 is 4.49. The molecule has 0 rings (SSSR count). The summed E-state index contributed by atoms with van der Waals surface area (Å²) in [5, 5.41) is 4.88. The van der Waals surface area contributed by atoms with Gasteiger partial charge in [0.15, 0.2) is 6.61 Å². The smallest absolute Gasteiger partial charge is 0.340 e. The van der Waals surface area contributed by atoms with Crippen LogP contribution < -0.4 is 10.6 Å². The molecule has 0 atom stereocenters. The van der Waals surface area contributed by atoms with Gasteiger partial charge in [0.25, 0.3) is 5.91 Å². The van der Waals surface area contributed by atoms with Crippen LogP contribution in [0.3, 0.4) is 0 Å². The average Bonchev–Trinajstić information content (AvgIpc) is 2.32. The normalized spacial score (nSPS) is 9.71. The van der Waals surface area contributed by atoms with E-state index in [2.05, 4.69) is 26.9 Å². The third-order valence-electron chi connectivity index (χ3n) is 1.48. The molecule has 0 saturated heterocycles. The summed E-state index contributed by atoms with van der Waals surface area (Å²) in [6.07, 6.45) is 2.33. The molecule has 0 saturated carbocycles. The number of aliphatic imine (C=N–C) groups is 1. The second kappa shape index (κ2) is 9.08. The van der Waals surface area contributed by atoms with Crippen molar-refractivity contribution < 1.29 is 19.1 Å². The van der Waals surface area contributed by atoms with Crippen molar-refractivity contribution in [3.63, 3.8) is 0 Å².